The van der Waals surface area contributed by atoms with Gasteiger partial charge in [-0.3, -0.25) is 9.78 Å². The van der Waals surface area contributed by atoms with Gasteiger partial charge in [0.05, 0.1) is 0 Å². The largest absolute Gasteiger partial charge is 0.478 e. The number of carbonyl (C=O) groups is 2. The highest BCUT2D eigenvalue weighted by atomic mass is 16.4. The Balaban J connectivity index is 2.32. The molecule has 1 saturated heterocycles. The van der Waals surface area contributed by atoms with Gasteiger partial charge in [-0.2, -0.15) is 0 Å². The molecule has 1 fully saturated rings. The smallest absolute Gasteiger partial charge is 0.328 e. The number of pyridine rings is 1. The molecule has 1 N–H and O–H groups in total. The third-order valence-corrected chi connectivity index (χ3v) is 3.92. The molecule has 0 aliphatic carbocycles. The SMILES string of the molecule is CC1CCCC(C)N1C(=O)c1ccncc1C=CC(=O)O. The van der Waals surface area contributed by atoms with Gasteiger partial charge in [-0.25, -0.2) is 4.79 Å². The van der Waals surface area contributed by atoms with E-state index in [1.54, 1.807) is 12.3 Å². The number of carboxylic acids is 1. The quantitative estimate of drug-likeness (QED) is 0.868. The lowest BCUT2D eigenvalue weighted by Crippen LogP contribution is -2.47. The molecule has 0 aromatic carbocycles. The standard InChI is InChI=1S/C16H20N2O3/c1-11-4-3-5-12(2)18(11)16(21)14-8-9-17-10-13(14)6-7-15(19)20/h6-12H,3-5H2,1-2H3,(H,19,20). The molecule has 0 spiro atoms. The number of likely N-dealkylation sites (tertiary alicyclic amines) is 1. The maximum absolute atomic E-state index is 12.8. The van der Waals surface area contributed by atoms with Crippen molar-refractivity contribution in [2.75, 3.05) is 0 Å². The Morgan fingerprint density at radius 1 is 1.33 bits per heavy atom. The van der Waals surface area contributed by atoms with Crippen LogP contribution in [-0.2, 0) is 4.79 Å². The van der Waals surface area contributed by atoms with Crippen LogP contribution in [0.15, 0.2) is 24.5 Å². The highest BCUT2D eigenvalue weighted by Gasteiger charge is 2.30. The summed E-state index contributed by atoms with van der Waals surface area (Å²) in [7, 11) is 0. The summed E-state index contributed by atoms with van der Waals surface area (Å²) < 4.78 is 0. The fraction of sp³-hybridized carbons (Fsp3) is 0.438. The number of piperidine rings is 1. The first-order valence-electron chi connectivity index (χ1n) is 7.18. The molecule has 0 bridgehead atoms. The fourth-order valence-electron chi connectivity index (χ4n) is 2.86. The van der Waals surface area contributed by atoms with E-state index in [4.69, 9.17) is 5.11 Å². The number of hydrogen-bond donors (Lipinski definition) is 1. The van der Waals surface area contributed by atoms with Crippen molar-refractivity contribution < 1.29 is 14.7 Å². The van der Waals surface area contributed by atoms with Gasteiger partial charge in [0.25, 0.3) is 5.91 Å². The van der Waals surface area contributed by atoms with Gasteiger partial charge in [-0.1, -0.05) is 0 Å². The molecule has 1 aliphatic heterocycles. The lowest BCUT2D eigenvalue weighted by Gasteiger charge is -2.39. The molecule has 1 amide bonds. The third-order valence-electron chi connectivity index (χ3n) is 3.92. The first-order valence-corrected chi connectivity index (χ1v) is 7.18. The Labute approximate surface area is 124 Å². The molecule has 2 atom stereocenters. The summed E-state index contributed by atoms with van der Waals surface area (Å²) in [5.74, 6) is -1.10. The predicted molar refractivity (Wildman–Crippen MR) is 79.9 cm³/mol. The summed E-state index contributed by atoms with van der Waals surface area (Å²) in [6, 6.07) is 2.05. The minimum Gasteiger partial charge on any atom is -0.478 e. The Kier molecular flexibility index (Phi) is 4.73. The van der Waals surface area contributed by atoms with Crippen molar-refractivity contribution in [2.24, 2.45) is 0 Å². The minimum atomic E-state index is -1.04. The van der Waals surface area contributed by atoms with Crippen LogP contribution in [0.4, 0.5) is 0 Å². The second-order valence-corrected chi connectivity index (χ2v) is 5.48. The van der Waals surface area contributed by atoms with Crippen molar-refractivity contribution in [1.29, 1.82) is 0 Å². The first kappa shape index (κ1) is 15.2. The average molecular weight is 288 g/mol. The topological polar surface area (TPSA) is 70.5 Å². The van der Waals surface area contributed by atoms with E-state index in [1.807, 2.05) is 4.90 Å². The van der Waals surface area contributed by atoms with Gasteiger partial charge in [0, 0.05) is 41.7 Å². The Morgan fingerprint density at radius 3 is 2.62 bits per heavy atom. The van der Waals surface area contributed by atoms with Crippen LogP contribution in [0.3, 0.4) is 0 Å². The van der Waals surface area contributed by atoms with Crippen LogP contribution in [0.1, 0.15) is 49.0 Å². The van der Waals surface area contributed by atoms with Crippen molar-refractivity contribution in [3.8, 4) is 0 Å². The normalized spacial score (nSPS) is 22.5. The molecular weight excluding hydrogens is 268 g/mol. The van der Waals surface area contributed by atoms with E-state index in [0.717, 1.165) is 25.3 Å². The molecule has 2 heterocycles. The summed E-state index contributed by atoms with van der Waals surface area (Å²) >= 11 is 0. The maximum atomic E-state index is 12.8. The van der Waals surface area contributed by atoms with E-state index >= 15 is 0 Å². The van der Waals surface area contributed by atoms with Crippen LogP contribution in [0.5, 0.6) is 0 Å². The lowest BCUT2D eigenvalue weighted by atomic mass is 9.95. The molecule has 1 aromatic rings. The summed E-state index contributed by atoms with van der Waals surface area (Å²) in [5, 5.41) is 8.73. The molecule has 0 radical (unpaired) electrons. The number of rotatable bonds is 3. The van der Waals surface area contributed by atoms with Crippen molar-refractivity contribution in [2.45, 2.75) is 45.2 Å². The second-order valence-electron chi connectivity index (χ2n) is 5.48. The molecule has 1 aliphatic rings. The van der Waals surface area contributed by atoms with Crippen LogP contribution >= 0.6 is 0 Å². The summed E-state index contributed by atoms with van der Waals surface area (Å²) in [5.41, 5.74) is 1.04. The molecule has 2 unspecified atom stereocenters. The summed E-state index contributed by atoms with van der Waals surface area (Å²) in [4.78, 5) is 29.3. The van der Waals surface area contributed by atoms with Gasteiger partial charge >= 0.3 is 5.97 Å². The van der Waals surface area contributed by atoms with Gasteiger partial charge in [0.1, 0.15) is 0 Å². The minimum absolute atomic E-state index is 0.0536. The molecule has 2 rings (SSSR count). The van der Waals surface area contributed by atoms with Crippen LogP contribution in [0, 0.1) is 0 Å². The zero-order valence-electron chi connectivity index (χ0n) is 12.3. The van der Waals surface area contributed by atoms with Gasteiger partial charge in [0.15, 0.2) is 0 Å². The van der Waals surface area contributed by atoms with E-state index < -0.39 is 5.97 Å². The van der Waals surface area contributed by atoms with Crippen LogP contribution < -0.4 is 0 Å². The average Bonchev–Trinajstić information content (AvgIpc) is 2.45. The number of nitrogens with zero attached hydrogens (tertiary/aromatic N) is 2. The Bertz CT molecular complexity index is 558. The van der Waals surface area contributed by atoms with Crippen molar-refractivity contribution >= 4 is 18.0 Å². The molecule has 112 valence electrons. The van der Waals surface area contributed by atoms with Gasteiger partial charge < -0.3 is 10.0 Å². The maximum Gasteiger partial charge on any atom is 0.328 e. The highest BCUT2D eigenvalue weighted by Crippen LogP contribution is 2.25. The molecule has 21 heavy (non-hydrogen) atoms. The highest BCUT2D eigenvalue weighted by molar-refractivity contribution is 5.99. The zero-order chi connectivity index (χ0) is 15.4. The molecule has 1 aromatic heterocycles. The number of amides is 1. The van der Waals surface area contributed by atoms with Crippen molar-refractivity contribution in [3.63, 3.8) is 0 Å². The Morgan fingerprint density at radius 2 is 2.00 bits per heavy atom. The van der Waals surface area contributed by atoms with Crippen LogP contribution in [0.2, 0.25) is 0 Å². The van der Waals surface area contributed by atoms with Crippen LogP contribution in [0.25, 0.3) is 6.08 Å². The van der Waals surface area contributed by atoms with E-state index in [0.29, 0.717) is 11.1 Å². The fourth-order valence-corrected chi connectivity index (χ4v) is 2.86. The van der Waals surface area contributed by atoms with Crippen LogP contribution in [-0.4, -0.2) is 39.0 Å². The van der Waals surface area contributed by atoms with E-state index in [-0.39, 0.29) is 18.0 Å². The number of carboxylic acid groups (broad SMARTS) is 1. The molecule has 5 nitrogen and oxygen atoms in total. The predicted octanol–water partition coefficient (Wildman–Crippen LogP) is 2.58. The van der Waals surface area contributed by atoms with Gasteiger partial charge in [-0.05, 0) is 45.3 Å². The van der Waals surface area contributed by atoms with E-state index in [1.165, 1.54) is 12.3 Å². The van der Waals surface area contributed by atoms with Crippen molar-refractivity contribution in [3.05, 3.63) is 35.7 Å². The molecule has 0 saturated carbocycles. The first-order chi connectivity index (χ1) is 10.0. The molecular formula is C16H20N2O3. The monoisotopic (exact) mass is 288 g/mol. The third kappa shape index (κ3) is 3.48. The van der Waals surface area contributed by atoms with E-state index in [2.05, 4.69) is 18.8 Å². The van der Waals surface area contributed by atoms with Crippen molar-refractivity contribution in [1.82, 2.24) is 9.88 Å². The number of hydrogen-bond acceptors (Lipinski definition) is 3. The summed E-state index contributed by atoms with van der Waals surface area (Å²) in [6.45, 7) is 4.11. The lowest BCUT2D eigenvalue weighted by molar-refractivity contribution is -0.131. The summed E-state index contributed by atoms with van der Waals surface area (Å²) in [6.07, 6.45) is 8.66. The van der Waals surface area contributed by atoms with Gasteiger partial charge in [0.2, 0.25) is 0 Å². The second kappa shape index (κ2) is 6.52. The number of carbonyl (C=O) groups excluding carboxylic acids is 1. The Hall–Kier alpha value is -2.17. The van der Waals surface area contributed by atoms with E-state index in [9.17, 15) is 9.59 Å². The van der Waals surface area contributed by atoms with Gasteiger partial charge in [-0.15, -0.1) is 0 Å². The number of aromatic nitrogens is 1. The zero-order valence-corrected chi connectivity index (χ0v) is 12.3. The molecule has 5 heteroatoms. The number of aliphatic carboxylic acids is 1.